The Morgan fingerprint density at radius 1 is 1.39 bits per heavy atom. The molecule has 1 aromatic heterocycles. The zero-order valence-corrected chi connectivity index (χ0v) is 15.2. The number of aryl methyl sites for hydroxylation is 1. The van der Waals surface area contributed by atoms with Crippen LogP contribution in [-0.4, -0.2) is 24.5 Å². The molecule has 23 heavy (non-hydrogen) atoms. The van der Waals surface area contributed by atoms with Crippen LogP contribution in [0.4, 0.5) is 5.69 Å². The average Bonchev–Trinajstić information content (AvgIpc) is 2.81. The number of halogens is 1. The van der Waals surface area contributed by atoms with Crippen molar-refractivity contribution < 1.29 is 13.2 Å². The summed E-state index contributed by atoms with van der Waals surface area (Å²) in [7, 11) is -3.85. The van der Waals surface area contributed by atoms with E-state index >= 15 is 0 Å². The van der Waals surface area contributed by atoms with E-state index in [0.29, 0.717) is 15.7 Å². The highest BCUT2D eigenvalue weighted by molar-refractivity contribution is 9.10. The second-order valence-electron chi connectivity index (χ2n) is 5.43. The van der Waals surface area contributed by atoms with Crippen LogP contribution in [0.5, 0.6) is 0 Å². The highest BCUT2D eigenvalue weighted by atomic mass is 79.9. The van der Waals surface area contributed by atoms with Gasteiger partial charge in [-0.25, -0.2) is 13.6 Å². The molecule has 0 saturated carbocycles. The Hall–Kier alpha value is -1.71. The van der Waals surface area contributed by atoms with Crippen LogP contribution in [0.15, 0.2) is 27.6 Å². The van der Waals surface area contributed by atoms with Crippen LogP contribution in [0.25, 0.3) is 0 Å². The number of nitrogens with zero attached hydrogens (tertiary/aromatic N) is 1. The molecule has 9 heteroatoms. The number of benzene rings is 1. The van der Waals surface area contributed by atoms with Gasteiger partial charge in [-0.3, -0.25) is 9.89 Å². The summed E-state index contributed by atoms with van der Waals surface area (Å²) in [6, 6.07) is 4.51. The van der Waals surface area contributed by atoms with Gasteiger partial charge >= 0.3 is 0 Å². The van der Waals surface area contributed by atoms with Gasteiger partial charge in [0.1, 0.15) is 0 Å². The zero-order valence-electron chi connectivity index (χ0n) is 12.8. The first-order valence-electron chi connectivity index (χ1n) is 6.79. The minimum Gasteiger partial charge on any atom is -0.321 e. The monoisotopic (exact) mass is 400 g/mol. The highest BCUT2D eigenvalue weighted by Gasteiger charge is 2.20. The number of H-pyrrole nitrogens is 1. The van der Waals surface area contributed by atoms with Crippen LogP contribution in [0.3, 0.4) is 0 Å². The quantitative estimate of drug-likeness (QED) is 0.730. The lowest BCUT2D eigenvalue weighted by Crippen LogP contribution is -2.16. The van der Waals surface area contributed by atoms with Gasteiger partial charge in [-0.15, -0.1) is 0 Å². The fraction of sp³-hybridized carbons (Fsp3) is 0.286. The minimum atomic E-state index is -3.85. The van der Waals surface area contributed by atoms with Crippen molar-refractivity contribution in [2.24, 2.45) is 5.14 Å². The molecule has 0 aliphatic carbocycles. The Morgan fingerprint density at radius 3 is 2.57 bits per heavy atom. The molecule has 0 bridgehead atoms. The van der Waals surface area contributed by atoms with Crippen molar-refractivity contribution in [3.05, 3.63) is 39.6 Å². The molecular weight excluding hydrogens is 384 g/mol. The zero-order chi connectivity index (χ0) is 17.4. The number of carbonyl (C=O) groups excluding carboxylic acids is 1. The number of carbonyl (C=O) groups is 1. The third kappa shape index (κ3) is 3.80. The van der Waals surface area contributed by atoms with E-state index in [0.717, 1.165) is 5.69 Å². The summed E-state index contributed by atoms with van der Waals surface area (Å²) in [5.41, 5.74) is 1.84. The molecule has 2 aromatic rings. The van der Waals surface area contributed by atoms with Gasteiger partial charge in [0.15, 0.2) is 5.69 Å². The molecule has 0 unspecified atom stereocenters. The molecule has 0 saturated heterocycles. The first-order valence-corrected chi connectivity index (χ1v) is 9.13. The van der Waals surface area contributed by atoms with E-state index in [1.807, 2.05) is 13.8 Å². The van der Waals surface area contributed by atoms with Crippen LogP contribution < -0.4 is 10.5 Å². The Morgan fingerprint density at radius 2 is 2.04 bits per heavy atom. The van der Waals surface area contributed by atoms with Gasteiger partial charge in [0.25, 0.3) is 5.91 Å². The summed E-state index contributed by atoms with van der Waals surface area (Å²) >= 11 is 3.35. The lowest BCUT2D eigenvalue weighted by atomic mass is 10.1. The van der Waals surface area contributed by atoms with E-state index in [4.69, 9.17) is 5.14 Å². The van der Waals surface area contributed by atoms with Gasteiger partial charge in [0.2, 0.25) is 10.0 Å². The van der Waals surface area contributed by atoms with Gasteiger partial charge in [-0.2, -0.15) is 5.10 Å². The van der Waals surface area contributed by atoms with Crippen LogP contribution in [0, 0.1) is 6.92 Å². The third-order valence-electron chi connectivity index (χ3n) is 3.28. The second-order valence-corrected chi connectivity index (χ2v) is 7.76. The van der Waals surface area contributed by atoms with Crippen molar-refractivity contribution in [1.82, 2.24) is 10.2 Å². The molecule has 4 N–H and O–H groups in total. The standard InChI is InChI=1S/C14H17BrN4O3S/c1-7(2)12-11(15)13(19-18-12)14(20)17-9-5-4-8(3)10(6-9)23(16,21)22/h4-7H,1-3H3,(H,17,20)(H,18,19)(H2,16,21,22). The van der Waals surface area contributed by atoms with Crippen molar-refractivity contribution in [2.75, 3.05) is 5.32 Å². The predicted molar refractivity (Wildman–Crippen MR) is 90.9 cm³/mol. The third-order valence-corrected chi connectivity index (χ3v) is 5.13. The molecule has 124 valence electrons. The molecule has 2 rings (SSSR count). The fourth-order valence-corrected chi connectivity index (χ4v) is 3.67. The maximum atomic E-state index is 12.3. The molecule has 0 spiro atoms. The molecule has 0 fully saturated rings. The molecule has 0 aliphatic heterocycles. The number of sulfonamides is 1. The van der Waals surface area contributed by atoms with Crippen LogP contribution >= 0.6 is 15.9 Å². The van der Waals surface area contributed by atoms with Gasteiger partial charge in [0.05, 0.1) is 15.1 Å². The summed E-state index contributed by atoms with van der Waals surface area (Å²) < 4.78 is 23.7. The number of rotatable bonds is 4. The van der Waals surface area contributed by atoms with Crippen LogP contribution in [-0.2, 0) is 10.0 Å². The van der Waals surface area contributed by atoms with Crippen molar-refractivity contribution in [1.29, 1.82) is 0 Å². The molecule has 1 amide bonds. The van der Waals surface area contributed by atoms with Gasteiger partial charge < -0.3 is 5.32 Å². The average molecular weight is 401 g/mol. The van der Waals surface area contributed by atoms with Crippen molar-refractivity contribution >= 4 is 37.5 Å². The number of primary sulfonamides is 1. The molecule has 0 radical (unpaired) electrons. The Kier molecular flexibility index (Phi) is 4.92. The summed E-state index contributed by atoms with van der Waals surface area (Å²) in [4.78, 5) is 12.3. The first kappa shape index (κ1) is 17.6. The van der Waals surface area contributed by atoms with Crippen LogP contribution in [0.1, 0.15) is 41.5 Å². The van der Waals surface area contributed by atoms with E-state index in [2.05, 4.69) is 31.4 Å². The predicted octanol–water partition coefficient (Wildman–Crippen LogP) is 2.50. The van der Waals surface area contributed by atoms with Crippen molar-refractivity contribution in [3.63, 3.8) is 0 Å². The Balaban J connectivity index is 2.31. The topological polar surface area (TPSA) is 118 Å². The van der Waals surface area contributed by atoms with Crippen LogP contribution in [0.2, 0.25) is 0 Å². The van der Waals surface area contributed by atoms with Gasteiger partial charge in [0, 0.05) is 5.69 Å². The van der Waals surface area contributed by atoms with Gasteiger partial charge in [-0.05, 0) is 46.5 Å². The maximum absolute atomic E-state index is 12.3. The largest absolute Gasteiger partial charge is 0.321 e. The SMILES string of the molecule is Cc1ccc(NC(=O)c2n[nH]c(C(C)C)c2Br)cc1S(N)(=O)=O. The van der Waals surface area contributed by atoms with Gasteiger partial charge in [-0.1, -0.05) is 19.9 Å². The fourth-order valence-electron chi connectivity index (χ4n) is 2.05. The number of amides is 1. The van der Waals surface area contributed by atoms with E-state index in [1.54, 1.807) is 19.1 Å². The van der Waals surface area contributed by atoms with Crippen molar-refractivity contribution in [2.45, 2.75) is 31.6 Å². The normalized spacial score (nSPS) is 11.7. The summed E-state index contributed by atoms with van der Waals surface area (Å²) in [5.74, 6) is -0.281. The Bertz CT molecular complexity index is 859. The summed E-state index contributed by atoms with van der Waals surface area (Å²) in [6.45, 7) is 5.57. The molecule has 1 aromatic carbocycles. The van der Waals surface area contributed by atoms with E-state index in [-0.39, 0.29) is 16.5 Å². The smallest absolute Gasteiger partial charge is 0.277 e. The molecule has 1 heterocycles. The number of hydrogen-bond acceptors (Lipinski definition) is 4. The van der Waals surface area contributed by atoms with E-state index in [9.17, 15) is 13.2 Å². The molecule has 7 nitrogen and oxygen atoms in total. The number of anilines is 1. The number of nitrogens with one attached hydrogen (secondary N) is 2. The summed E-state index contributed by atoms with van der Waals surface area (Å²) in [6.07, 6.45) is 0. The molecule has 0 atom stereocenters. The maximum Gasteiger partial charge on any atom is 0.277 e. The Labute approximate surface area is 142 Å². The first-order chi connectivity index (χ1) is 10.6. The van der Waals surface area contributed by atoms with Crippen molar-refractivity contribution in [3.8, 4) is 0 Å². The summed E-state index contributed by atoms with van der Waals surface area (Å²) in [5, 5.41) is 14.6. The number of aromatic amines is 1. The lowest BCUT2D eigenvalue weighted by molar-refractivity contribution is 0.102. The molecular formula is C14H17BrN4O3S. The lowest BCUT2D eigenvalue weighted by Gasteiger charge is -2.08. The van der Waals surface area contributed by atoms with E-state index in [1.165, 1.54) is 6.07 Å². The number of nitrogens with two attached hydrogens (primary N) is 1. The highest BCUT2D eigenvalue weighted by Crippen LogP contribution is 2.26. The number of aromatic nitrogens is 2. The second kappa shape index (κ2) is 6.42. The van der Waals surface area contributed by atoms with E-state index < -0.39 is 15.9 Å². The molecule has 0 aliphatic rings. The minimum absolute atomic E-state index is 0.0285. The number of hydrogen-bond donors (Lipinski definition) is 3.